The maximum atomic E-state index is 11.0. The number of hydrogen-bond donors (Lipinski definition) is 1. The summed E-state index contributed by atoms with van der Waals surface area (Å²) in [6.45, 7) is 4.32. The van der Waals surface area contributed by atoms with E-state index in [1.807, 2.05) is 13.8 Å². The van der Waals surface area contributed by atoms with Gasteiger partial charge in [-0.25, -0.2) is 0 Å². The molecule has 0 saturated carbocycles. The van der Waals surface area contributed by atoms with Crippen molar-refractivity contribution >= 4 is 12.2 Å². The van der Waals surface area contributed by atoms with Gasteiger partial charge in [0.05, 0.1) is 6.61 Å². The van der Waals surface area contributed by atoms with Crippen molar-refractivity contribution in [2.24, 2.45) is 0 Å². The molecular formula is C14H19NO3. The van der Waals surface area contributed by atoms with Crippen LogP contribution in [0.15, 0.2) is 12.1 Å². The maximum absolute atomic E-state index is 11.0. The zero-order valence-electron chi connectivity index (χ0n) is 11.1. The lowest BCUT2D eigenvalue weighted by molar-refractivity contribution is -0.120. The van der Waals surface area contributed by atoms with Crippen molar-refractivity contribution in [3.05, 3.63) is 28.8 Å². The largest absolute Gasteiger partial charge is 0.493 e. The minimum atomic E-state index is 0.0170. The first-order valence-electron chi connectivity index (χ1n) is 5.98. The molecule has 0 aliphatic rings. The fourth-order valence-corrected chi connectivity index (χ4v) is 1.81. The van der Waals surface area contributed by atoms with Crippen LogP contribution >= 0.6 is 0 Å². The third-order valence-corrected chi connectivity index (χ3v) is 2.69. The van der Waals surface area contributed by atoms with Crippen LogP contribution in [0.1, 0.15) is 34.3 Å². The first-order chi connectivity index (χ1) is 8.58. The number of carbonyl (C=O) groups excluding carboxylic acids is 2. The maximum Gasteiger partial charge on any atom is 0.219 e. The van der Waals surface area contributed by atoms with Gasteiger partial charge in [-0.2, -0.15) is 0 Å². The monoisotopic (exact) mass is 249 g/mol. The number of ether oxygens (including phenoxy) is 1. The van der Waals surface area contributed by atoms with Crippen molar-refractivity contribution in [1.29, 1.82) is 0 Å². The third kappa shape index (κ3) is 3.87. The molecule has 0 aliphatic carbocycles. The van der Waals surface area contributed by atoms with Gasteiger partial charge in [0.15, 0.2) is 0 Å². The summed E-state index contributed by atoms with van der Waals surface area (Å²) in [7, 11) is 1.62. The molecular weight excluding hydrogens is 230 g/mol. The molecule has 0 aromatic heterocycles. The molecule has 0 bridgehead atoms. The molecule has 1 amide bonds. The lowest BCUT2D eigenvalue weighted by Crippen LogP contribution is -2.18. The van der Waals surface area contributed by atoms with E-state index in [4.69, 9.17) is 4.74 Å². The summed E-state index contributed by atoms with van der Waals surface area (Å²) >= 11 is 0. The van der Waals surface area contributed by atoms with E-state index in [9.17, 15) is 9.59 Å². The molecule has 1 rings (SSSR count). The van der Waals surface area contributed by atoms with Crippen LogP contribution in [0, 0.1) is 13.8 Å². The molecule has 0 heterocycles. The molecule has 18 heavy (non-hydrogen) atoms. The number of aryl methyl sites for hydroxylation is 2. The molecule has 0 radical (unpaired) electrons. The predicted molar refractivity (Wildman–Crippen MR) is 70.1 cm³/mol. The normalized spacial score (nSPS) is 9.94. The van der Waals surface area contributed by atoms with Gasteiger partial charge in [-0.05, 0) is 43.5 Å². The van der Waals surface area contributed by atoms with Gasteiger partial charge in [0.2, 0.25) is 5.91 Å². The van der Waals surface area contributed by atoms with Gasteiger partial charge in [-0.15, -0.1) is 0 Å². The molecule has 0 spiro atoms. The van der Waals surface area contributed by atoms with Gasteiger partial charge in [0.25, 0.3) is 0 Å². The Morgan fingerprint density at radius 2 is 1.94 bits per heavy atom. The van der Waals surface area contributed by atoms with E-state index in [0.29, 0.717) is 25.0 Å². The van der Waals surface area contributed by atoms with E-state index in [1.165, 1.54) is 0 Å². The van der Waals surface area contributed by atoms with E-state index < -0.39 is 0 Å². The number of carbonyl (C=O) groups is 2. The summed E-state index contributed by atoms with van der Waals surface area (Å²) in [5.74, 6) is 0.820. The van der Waals surface area contributed by atoms with E-state index in [-0.39, 0.29) is 5.91 Å². The highest BCUT2D eigenvalue weighted by atomic mass is 16.5. The molecule has 4 heteroatoms. The van der Waals surface area contributed by atoms with Gasteiger partial charge < -0.3 is 10.1 Å². The third-order valence-electron chi connectivity index (χ3n) is 2.69. The summed E-state index contributed by atoms with van der Waals surface area (Å²) in [5.41, 5.74) is 2.54. The number of hydrogen-bond acceptors (Lipinski definition) is 3. The van der Waals surface area contributed by atoms with Gasteiger partial charge in [-0.3, -0.25) is 9.59 Å². The van der Waals surface area contributed by atoms with Crippen molar-refractivity contribution in [3.63, 3.8) is 0 Å². The Labute approximate surface area is 107 Å². The second-order valence-corrected chi connectivity index (χ2v) is 4.23. The van der Waals surface area contributed by atoms with Crippen LogP contribution < -0.4 is 10.1 Å². The average molecular weight is 249 g/mol. The lowest BCUT2D eigenvalue weighted by Gasteiger charge is -2.12. The van der Waals surface area contributed by atoms with E-state index in [0.717, 1.165) is 23.2 Å². The molecule has 0 saturated heterocycles. The SMILES string of the molecule is CNC(=O)CCCOc1c(C)cc(C=O)cc1C. The molecule has 1 aromatic carbocycles. The van der Waals surface area contributed by atoms with Crippen LogP contribution in [0.25, 0.3) is 0 Å². The molecule has 4 nitrogen and oxygen atoms in total. The van der Waals surface area contributed by atoms with Gasteiger partial charge in [-0.1, -0.05) is 0 Å². The van der Waals surface area contributed by atoms with Crippen molar-refractivity contribution in [2.45, 2.75) is 26.7 Å². The van der Waals surface area contributed by atoms with Gasteiger partial charge in [0.1, 0.15) is 12.0 Å². The Kier molecular flexibility index (Phi) is 5.36. The van der Waals surface area contributed by atoms with E-state index in [1.54, 1.807) is 19.2 Å². The zero-order valence-corrected chi connectivity index (χ0v) is 11.1. The van der Waals surface area contributed by atoms with Crippen LogP contribution in [0.4, 0.5) is 0 Å². The smallest absolute Gasteiger partial charge is 0.219 e. The van der Waals surface area contributed by atoms with Crippen LogP contribution in [0.2, 0.25) is 0 Å². The van der Waals surface area contributed by atoms with Crippen molar-refractivity contribution in [3.8, 4) is 5.75 Å². The zero-order chi connectivity index (χ0) is 13.5. The Hall–Kier alpha value is -1.84. The highest BCUT2D eigenvalue weighted by Crippen LogP contribution is 2.24. The quantitative estimate of drug-likeness (QED) is 0.620. The molecule has 0 aliphatic heterocycles. The summed E-state index contributed by atoms with van der Waals surface area (Å²) in [4.78, 5) is 21.7. The fraction of sp³-hybridized carbons (Fsp3) is 0.429. The molecule has 1 N–H and O–H groups in total. The Bertz CT molecular complexity index is 418. The average Bonchev–Trinajstić information content (AvgIpc) is 2.36. The number of benzene rings is 1. The van der Waals surface area contributed by atoms with Crippen LogP contribution in [-0.4, -0.2) is 25.8 Å². The second kappa shape index (κ2) is 6.79. The van der Waals surface area contributed by atoms with Crippen LogP contribution in [-0.2, 0) is 4.79 Å². The predicted octanol–water partition coefficient (Wildman–Crippen LogP) is 2.02. The first-order valence-corrected chi connectivity index (χ1v) is 5.98. The number of aldehydes is 1. The number of rotatable bonds is 6. The Morgan fingerprint density at radius 3 is 2.44 bits per heavy atom. The Balaban J connectivity index is 2.57. The standard InChI is InChI=1S/C14H19NO3/c1-10-7-12(9-16)8-11(2)14(10)18-6-4-5-13(17)15-3/h7-9H,4-6H2,1-3H3,(H,15,17). The highest BCUT2D eigenvalue weighted by molar-refractivity contribution is 5.76. The molecule has 1 aromatic rings. The van der Waals surface area contributed by atoms with E-state index >= 15 is 0 Å². The minimum Gasteiger partial charge on any atom is -0.493 e. The number of nitrogens with one attached hydrogen (secondary N) is 1. The highest BCUT2D eigenvalue weighted by Gasteiger charge is 2.06. The van der Waals surface area contributed by atoms with Gasteiger partial charge >= 0.3 is 0 Å². The summed E-state index contributed by atoms with van der Waals surface area (Å²) in [5, 5.41) is 2.57. The van der Waals surface area contributed by atoms with Crippen molar-refractivity contribution in [1.82, 2.24) is 5.32 Å². The van der Waals surface area contributed by atoms with Gasteiger partial charge in [0, 0.05) is 19.0 Å². The molecule has 0 atom stereocenters. The van der Waals surface area contributed by atoms with E-state index in [2.05, 4.69) is 5.32 Å². The summed E-state index contributed by atoms with van der Waals surface area (Å²) < 4.78 is 5.67. The summed E-state index contributed by atoms with van der Waals surface area (Å²) in [6.07, 6.45) is 1.96. The second-order valence-electron chi connectivity index (χ2n) is 4.23. The molecule has 0 fully saturated rings. The lowest BCUT2D eigenvalue weighted by atomic mass is 10.1. The fourth-order valence-electron chi connectivity index (χ4n) is 1.81. The topological polar surface area (TPSA) is 55.4 Å². The first kappa shape index (κ1) is 14.2. The molecule has 0 unspecified atom stereocenters. The van der Waals surface area contributed by atoms with Crippen molar-refractivity contribution < 1.29 is 14.3 Å². The Morgan fingerprint density at radius 1 is 1.33 bits per heavy atom. The molecule has 98 valence electrons. The van der Waals surface area contributed by atoms with Crippen LogP contribution in [0.5, 0.6) is 5.75 Å². The number of amides is 1. The summed E-state index contributed by atoms with van der Waals surface area (Å²) in [6, 6.07) is 3.60. The minimum absolute atomic E-state index is 0.0170. The van der Waals surface area contributed by atoms with Crippen LogP contribution in [0.3, 0.4) is 0 Å². The van der Waals surface area contributed by atoms with Crippen molar-refractivity contribution in [2.75, 3.05) is 13.7 Å².